The van der Waals surface area contributed by atoms with Crippen molar-refractivity contribution in [3.8, 4) is 11.5 Å². The molecular weight excluding hydrogens is 399 g/mol. The van der Waals surface area contributed by atoms with Crippen LogP contribution in [0.25, 0.3) is 0 Å². The number of hydrogen-bond acceptors (Lipinski definition) is 5. The lowest BCUT2D eigenvalue weighted by molar-refractivity contribution is -0.164. The number of nitrogens with one attached hydrogen (secondary N) is 1. The van der Waals surface area contributed by atoms with Gasteiger partial charge in [0.2, 0.25) is 0 Å². The van der Waals surface area contributed by atoms with Gasteiger partial charge in [0.15, 0.2) is 17.2 Å². The van der Waals surface area contributed by atoms with Crippen molar-refractivity contribution in [1.29, 1.82) is 0 Å². The molecule has 5 nitrogen and oxygen atoms in total. The number of ether oxygens (including phenoxy) is 3. The molecule has 0 aromatic heterocycles. The van der Waals surface area contributed by atoms with E-state index in [0.717, 1.165) is 23.3 Å². The molecule has 1 aliphatic heterocycles. The molecule has 0 amide bonds. The van der Waals surface area contributed by atoms with E-state index in [9.17, 15) is 18.0 Å². The number of hydrogen-bond donors (Lipinski definition) is 1. The second-order valence-electron chi connectivity index (χ2n) is 7.16. The van der Waals surface area contributed by atoms with Crippen LogP contribution in [0.4, 0.5) is 13.2 Å². The van der Waals surface area contributed by atoms with E-state index >= 15 is 0 Å². The predicted molar refractivity (Wildman–Crippen MR) is 104 cm³/mol. The van der Waals surface area contributed by atoms with Gasteiger partial charge in [-0.05, 0) is 48.2 Å². The van der Waals surface area contributed by atoms with Gasteiger partial charge < -0.3 is 14.2 Å². The minimum absolute atomic E-state index is 0.348. The van der Waals surface area contributed by atoms with Gasteiger partial charge in [0.25, 0.3) is 0 Å². The topological polar surface area (TPSA) is 56.8 Å². The summed E-state index contributed by atoms with van der Waals surface area (Å²) in [6.45, 7) is 1.90. The van der Waals surface area contributed by atoms with E-state index in [1.165, 1.54) is 26.2 Å². The Labute approximate surface area is 173 Å². The molecule has 0 radical (unpaired) electrons. The number of esters is 1. The molecule has 1 aliphatic rings. The van der Waals surface area contributed by atoms with Crippen molar-refractivity contribution in [1.82, 2.24) is 5.32 Å². The monoisotopic (exact) mass is 423 g/mol. The third-order valence-electron chi connectivity index (χ3n) is 5.21. The molecule has 1 atom stereocenters. The van der Waals surface area contributed by atoms with Crippen LogP contribution in [-0.2, 0) is 34.3 Å². The van der Waals surface area contributed by atoms with Crippen LogP contribution in [0.15, 0.2) is 36.4 Å². The number of methoxy groups -OCH3 is 2. The molecule has 0 spiro atoms. The molecule has 0 bridgehead atoms. The number of carbonyl (C=O) groups is 1. The minimum atomic E-state index is -4.38. The fraction of sp³-hybridized carbons (Fsp3) is 0.409. The van der Waals surface area contributed by atoms with Gasteiger partial charge in [-0.25, -0.2) is 0 Å². The maximum Gasteiger partial charge on any atom is 0.416 e. The molecule has 1 N–H and O–H groups in total. The molecule has 8 heteroatoms. The summed E-state index contributed by atoms with van der Waals surface area (Å²) in [6.07, 6.45) is -2.91. The van der Waals surface area contributed by atoms with Crippen LogP contribution < -0.4 is 14.8 Å². The van der Waals surface area contributed by atoms with Crippen LogP contribution in [0.1, 0.15) is 35.6 Å². The summed E-state index contributed by atoms with van der Waals surface area (Å²) in [5.41, 5.74) is 0.623. The number of aryl methyl sites for hydroxylation is 1. The van der Waals surface area contributed by atoms with Gasteiger partial charge in [-0.3, -0.25) is 10.1 Å². The average molecular weight is 423 g/mol. The molecule has 0 fully saturated rings. The van der Waals surface area contributed by atoms with Crippen molar-refractivity contribution in [2.24, 2.45) is 0 Å². The first-order valence-corrected chi connectivity index (χ1v) is 9.54. The molecule has 30 heavy (non-hydrogen) atoms. The normalized spacial score (nSPS) is 18.5. The Morgan fingerprint density at radius 3 is 2.30 bits per heavy atom. The summed E-state index contributed by atoms with van der Waals surface area (Å²) >= 11 is 0. The number of alkyl halides is 3. The van der Waals surface area contributed by atoms with Crippen LogP contribution in [0.3, 0.4) is 0 Å². The number of rotatable bonds is 6. The lowest BCUT2D eigenvalue weighted by atomic mass is 9.86. The number of carbonyl (C=O) groups excluding carboxylic acids is 1. The molecule has 1 heterocycles. The first kappa shape index (κ1) is 22.0. The van der Waals surface area contributed by atoms with Crippen molar-refractivity contribution in [2.45, 2.75) is 38.1 Å². The molecule has 0 aliphatic carbocycles. The molecular formula is C22H24F3NO4. The Morgan fingerprint density at radius 1 is 1.10 bits per heavy atom. The van der Waals surface area contributed by atoms with E-state index in [1.807, 2.05) is 6.07 Å². The van der Waals surface area contributed by atoms with Gasteiger partial charge in [-0.15, -0.1) is 0 Å². The number of benzene rings is 2. The summed E-state index contributed by atoms with van der Waals surface area (Å²) in [4.78, 5) is 11.9. The highest BCUT2D eigenvalue weighted by Gasteiger charge is 2.40. The standard InChI is InChI=1S/C22H24F3NO4/c1-14(27)30-21(10-8-15-4-6-17(7-5-15)22(23,24)25)18-13-20(29-3)19(28-2)12-16(18)9-11-26-21/h4-7,12-13,26H,8-11H2,1-3H3. The van der Waals surface area contributed by atoms with Crippen LogP contribution in [-0.4, -0.2) is 26.7 Å². The molecule has 1 unspecified atom stereocenters. The van der Waals surface area contributed by atoms with Gasteiger partial charge in [0.1, 0.15) is 0 Å². The quantitative estimate of drug-likeness (QED) is 0.706. The number of fused-ring (bicyclic) bond motifs is 1. The zero-order valence-corrected chi connectivity index (χ0v) is 17.1. The van der Waals surface area contributed by atoms with Crippen LogP contribution in [0.2, 0.25) is 0 Å². The first-order valence-electron chi connectivity index (χ1n) is 9.54. The SMILES string of the molecule is COc1cc2c(cc1OC)C(CCc1ccc(C(F)(F)F)cc1)(OC(C)=O)NCC2. The Bertz CT molecular complexity index is 912. The predicted octanol–water partition coefficient (Wildman–Crippen LogP) is 4.22. The number of halogens is 3. The third-order valence-corrected chi connectivity index (χ3v) is 5.21. The van der Waals surface area contributed by atoms with E-state index in [1.54, 1.807) is 13.2 Å². The summed E-state index contributed by atoms with van der Waals surface area (Å²) in [7, 11) is 3.07. The van der Waals surface area contributed by atoms with E-state index in [-0.39, 0.29) is 0 Å². The maximum absolute atomic E-state index is 12.8. The van der Waals surface area contributed by atoms with Crippen LogP contribution >= 0.6 is 0 Å². The molecule has 2 aromatic carbocycles. The highest BCUT2D eigenvalue weighted by molar-refractivity contribution is 5.67. The van der Waals surface area contributed by atoms with Crippen LogP contribution in [0.5, 0.6) is 11.5 Å². The average Bonchev–Trinajstić information content (AvgIpc) is 2.71. The van der Waals surface area contributed by atoms with Crippen molar-refractivity contribution in [2.75, 3.05) is 20.8 Å². The lowest BCUT2D eigenvalue weighted by Gasteiger charge is -2.39. The zero-order valence-electron chi connectivity index (χ0n) is 17.1. The van der Waals surface area contributed by atoms with Gasteiger partial charge in [0.05, 0.1) is 19.8 Å². The second kappa shape index (κ2) is 8.55. The largest absolute Gasteiger partial charge is 0.493 e. The van der Waals surface area contributed by atoms with E-state index < -0.39 is 23.4 Å². The summed E-state index contributed by atoms with van der Waals surface area (Å²) in [5, 5.41) is 3.30. The van der Waals surface area contributed by atoms with E-state index in [4.69, 9.17) is 14.2 Å². The van der Waals surface area contributed by atoms with Crippen molar-refractivity contribution in [3.05, 3.63) is 58.7 Å². The highest BCUT2D eigenvalue weighted by Crippen LogP contribution is 2.40. The minimum Gasteiger partial charge on any atom is -0.493 e. The second-order valence-corrected chi connectivity index (χ2v) is 7.16. The summed E-state index contributed by atoms with van der Waals surface area (Å²) < 4.78 is 55.0. The highest BCUT2D eigenvalue weighted by atomic mass is 19.4. The summed E-state index contributed by atoms with van der Waals surface area (Å²) in [6, 6.07) is 8.67. The lowest BCUT2D eigenvalue weighted by Crippen LogP contribution is -2.50. The zero-order chi connectivity index (χ0) is 21.9. The van der Waals surface area contributed by atoms with Gasteiger partial charge in [-0.1, -0.05) is 12.1 Å². The van der Waals surface area contributed by atoms with E-state index in [0.29, 0.717) is 42.9 Å². The fourth-order valence-corrected chi connectivity index (χ4v) is 3.79. The van der Waals surface area contributed by atoms with Crippen molar-refractivity contribution in [3.63, 3.8) is 0 Å². The molecule has 162 valence electrons. The molecule has 0 saturated heterocycles. The Kier molecular flexibility index (Phi) is 6.26. The Hall–Kier alpha value is -2.74. The van der Waals surface area contributed by atoms with Gasteiger partial charge in [0, 0.05) is 25.5 Å². The Balaban J connectivity index is 1.94. The molecule has 2 aromatic rings. The van der Waals surface area contributed by atoms with Gasteiger partial charge >= 0.3 is 12.1 Å². The maximum atomic E-state index is 12.8. The van der Waals surface area contributed by atoms with Gasteiger partial charge in [-0.2, -0.15) is 13.2 Å². The van der Waals surface area contributed by atoms with Crippen molar-refractivity contribution >= 4 is 5.97 Å². The molecule has 0 saturated carbocycles. The molecule has 3 rings (SSSR count). The first-order chi connectivity index (χ1) is 14.2. The Morgan fingerprint density at radius 2 is 1.73 bits per heavy atom. The van der Waals surface area contributed by atoms with Crippen molar-refractivity contribution < 1.29 is 32.2 Å². The smallest absolute Gasteiger partial charge is 0.416 e. The van der Waals surface area contributed by atoms with Crippen LogP contribution in [0, 0.1) is 0 Å². The fourth-order valence-electron chi connectivity index (χ4n) is 3.79. The third kappa shape index (κ3) is 4.53. The van der Waals surface area contributed by atoms with E-state index in [2.05, 4.69) is 5.32 Å². The summed E-state index contributed by atoms with van der Waals surface area (Å²) in [5.74, 6) is 0.626.